The summed E-state index contributed by atoms with van der Waals surface area (Å²) in [6, 6.07) is 15.3. The van der Waals surface area contributed by atoms with Crippen molar-refractivity contribution >= 4 is 34.2 Å². The number of rotatable bonds is 3. The Morgan fingerprint density at radius 1 is 0.853 bits per heavy atom. The normalized spacial score (nSPS) is 12.4. The summed E-state index contributed by atoms with van der Waals surface area (Å²) in [6.45, 7) is 12.6. The number of methoxy groups -OCH3 is 1. The third-order valence-electron chi connectivity index (χ3n) is 6.00. The molecule has 0 saturated carbocycles. The molecule has 6 heteroatoms. The highest BCUT2D eigenvalue weighted by Crippen LogP contribution is 2.43. The summed E-state index contributed by atoms with van der Waals surface area (Å²) in [5, 5.41) is 12.3. The first-order valence-corrected chi connectivity index (χ1v) is 12.0. The minimum Gasteiger partial charge on any atom is -0.507 e. The fourth-order valence-electron chi connectivity index (χ4n) is 4.19. The Hall–Kier alpha value is -2.69. The minimum atomic E-state index is -0.266. The molecule has 0 aliphatic carbocycles. The number of nitrogens with zero attached hydrogens (tertiary/aromatic N) is 2. The first-order chi connectivity index (χ1) is 15.8. The minimum absolute atomic E-state index is 0.266. The van der Waals surface area contributed by atoms with E-state index in [1.807, 2.05) is 42.5 Å². The summed E-state index contributed by atoms with van der Waals surface area (Å²) in [7, 11) is 1.64. The molecule has 0 radical (unpaired) electrons. The van der Waals surface area contributed by atoms with Crippen LogP contribution in [0.5, 0.6) is 11.5 Å². The third-order valence-corrected chi connectivity index (χ3v) is 6.55. The maximum absolute atomic E-state index is 11.2. The van der Waals surface area contributed by atoms with Crippen LogP contribution in [0.1, 0.15) is 52.7 Å². The van der Waals surface area contributed by atoms with Crippen LogP contribution in [-0.2, 0) is 10.8 Å². The Labute approximate surface area is 211 Å². The van der Waals surface area contributed by atoms with Crippen LogP contribution in [0.15, 0.2) is 48.5 Å². The second-order valence-corrected chi connectivity index (χ2v) is 11.5. The lowest BCUT2D eigenvalue weighted by Gasteiger charge is -2.28. The number of aromatic nitrogens is 2. The zero-order chi connectivity index (χ0) is 25.0. The number of phenolic OH excluding ortho intramolecular Hbond substituents is 1. The van der Waals surface area contributed by atoms with E-state index in [9.17, 15) is 5.11 Å². The summed E-state index contributed by atoms with van der Waals surface area (Å²) < 4.78 is 7.53. The van der Waals surface area contributed by atoms with Gasteiger partial charge in [-0.15, -0.1) is 0 Å². The molecule has 1 heterocycles. The number of phenols is 1. The Kier molecular flexibility index (Phi) is 6.12. The van der Waals surface area contributed by atoms with Crippen molar-refractivity contribution in [2.75, 3.05) is 7.11 Å². The van der Waals surface area contributed by atoms with Gasteiger partial charge in [0.25, 0.3) is 0 Å². The van der Waals surface area contributed by atoms with Crippen molar-refractivity contribution in [3.8, 4) is 28.6 Å². The summed E-state index contributed by atoms with van der Waals surface area (Å²) in [4.78, 5) is 4.96. The summed E-state index contributed by atoms with van der Waals surface area (Å²) >= 11 is 12.8. The molecule has 1 aromatic heterocycles. The van der Waals surface area contributed by atoms with Crippen molar-refractivity contribution in [1.82, 2.24) is 9.55 Å². The van der Waals surface area contributed by atoms with Gasteiger partial charge >= 0.3 is 0 Å². The van der Waals surface area contributed by atoms with Crippen LogP contribution in [0.25, 0.3) is 28.1 Å². The number of fused-ring (bicyclic) bond motifs is 1. The monoisotopic (exact) mass is 496 g/mol. The molecule has 0 bridgehead atoms. The summed E-state index contributed by atoms with van der Waals surface area (Å²) in [6.07, 6.45) is 0. The highest BCUT2D eigenvalue weighted by atomic mass is 35.5. The second kappa shape index (κ2) is 8.51. The molecular formula is C28H30Cl2N2O2. The van der Waals surface area contributed by atoms with Gasteiger partial charge in [0.05, 0.1) is 23.2 Å². The predicted octanol–water partition coefficient (Wildman–Crippen LogP) is 8.31. The van der Waals surface area contributed by atoms with Crippen molar-refractivity contribution in [1.29, 1.82) is 0 Å². The van der Waals surface area contributed by atoms with Crippen molar-refractivity contribution in [3.05, 3.63) is 69.7 Å². The molecule has 0 aliphatic heterocycles. The van der Waals surface area contributed by atoms with E-state index in [4.69, 9.17) is 32.9 Å². The first kappa shape index (κ1) is 24.4. The van der Waals surface area contributed by atoms with Crippen LogP contribution >= 0.6 is 23.2 Å². The second-order valence-electron chi connectivity index (χ2n) is 10.6. The first-order valence-electron chi connectivity index (χ1n) is 11.2. The molecule has 4 nitrogen and oxygen atoms in total. The van der Waals surface area contributed by atoms with Gasteiger partial charge < -0.3 is 9.84 Å². The zero-order valence-electron chi connectivity index (χ0n) is 20.6. The quantitative estimate of drug-likeness (QED) is 0.310. The van der Waals surface area contributed by atoms with E-state index in [1.165, 1.54) is 0 Å². The highest BCUT2D eigenvalue weighted by Gasteiger charge is 2.28. The Morgan fingerprint density at radius 3 is 2.00 bits per heavy atom. The van der Waals surface area contributed by atoms with E-state index in [0.717, 1.165) is 39.2 Å². The SMILES string of the molecule is COc1ccc2c(c1)nc(-c1ccc(Cl)cc1Cl)n2-c1cc(C(C)(C)C)c(O)c(C(C)(C)C)c1. The van der Waals surface area contributed by atoms with Gasteiger partial charge in [-0.25, -0.2) is 4.98 Å². The summed E-state index contributed by atoms with van der Waals surface area (Å²) in [5.74, 6) is 1.75. The molecule has 0 amide bonds. The van der Waals surface area contributed by atoms with Crippen molar-refractivity contribution in [3.63, 3.8) is 0 Å². The van der Waals surface area contributed by atoms with E-state index >= 15 is 0 Å². The molecule has 34 heavy (non-hydrogen) atoms. The molecular weight excluding hydrogens is 467 g/mol. The predicted molar refractivity (Wildman–Crippen MR) is 142 cm³/mol. The Balaban J connectivity index is 2.13. The van der Waals surface area contributed by atoms with Gasteiger partial charge in [-0.05, 0) is 53.3 Å². The topological polar surface area (TPSA) is 47.3 Å². The van der Waals surface area contributed by atoms with Gasteiger partial charge in [0, 0.05) is 33.5 Å². The van der Waals surface area contributed by atoms with Crippen LogP contribution in [0.4, 0.5) is 0 Å². The number of benzene rings is 3. The van der Waals surface area contributed by atoms with Gasteiger partial charge in [0.2, 0.25) is 0 Å². The van der Waals surface area contributed by atoms with Crippen LogP contribution in [0.2, 0.25) is 10.0 Å². The van der Waals surface area contributed by atoms with Gasteiger partial charge in [-0.1, -0.05) is 64.7 Å². The van der Waals surface area contributed by atoms with Crippen LogP contribution in [-0.4, -0.2) is 21.8 Å². The third kappa shape index (κ3) is 4.37. The van der Waals surface area contributed by atoms with E-state index in [0.29, 0.717) is 21.6 Å². The molecule has 4 rings (SSSR count). The molecule has 0 saturated heterocycles. The lowest BCUT2D eigenvalue weighted by molar-refractivity contribution is 0.415. The fraction of sp³-hybridized carbons (Fsp3) is 0.321. The average Bonchev–Trinajstić information content (AvgIpc) is 3.10. The van der Waals surface area contributed by atoms with E-state index in [-0.39, 0.29) is 10.8 Å². The number of hydrogen-bond donors (Lipinski definition) is 1. The zero-order valence-corrected chi connectivity index (χ0v) is 22.1. The van der Waals surface area contributed by atoms with Gasteiger partial charge in [0.15, 0.2) is 0 Å². The molecule has 0 aliphatic rings. The molecule has 0 fully saturated rings. The number of ether oxygens (including phenoxy) is 1. The molecule has 3 aromatic carbocycles. The van der Waals surface area contributed by atoms with Crippen LogP contribution in [0.3, 0.4) is 0 Å². The maximum atomic E-state index is 11.2. The molecule has 178 valence electrons. The molecule has 0 atom stereocenters. The average molecular weight is 497 g/mol. The Morgan fingerprint density at radius 2 is 1.47 bits per heavy atom. The van der Waals surface area contributed by atoms with E-state index in [1.54, 1.807) is 13.2 Å². The van der Waals surface area contributed by atoms with E-state index < -0.39 is 0 Å². The maximum Gasteiger partial charge on any atom is 0.147 e. The van der Waals surface area contributed by atoms with Crippen molar-refractivity contribution in [2.45, 2.75) is 52.4 Å². The van der Waals surface area contributed by atoms with Crippen molar-refractivity contribution in [2.24, 2.45) is 0 Å². The Bertz CT molecular complexity index is 1360. The van der Waals surface area contributed by atoms with Crippen molar-refractivity contribution < 1.29 is 9.84 Å². The fourth-order valence-corrected chi connectivity index (χ4v) is 4.68. The summed E-state index contributed by atoms with van der Waals surface area (Å²) in [5.41, 5.74) is 4.58. The number of imidazole rings is 1. The molecule has 0 spiro atoms. The van der Waals surface area contributed by atoms with Gasteiger partial charge in [0.1, 0.15) is 17.3 Å². The number of hydrogen-bond acceptors (Lipinski definition) is 3. The standard InChI is InChI=1S/C28H30Cl2N2O2/c1-27(2,3)20-13-17(14-21(25(20)33)28(4,5)6)32-24-11-9-18(34-7)15-23(24)31-26(32)19-10-8-16(29)12-22(19)30/h8-15,33H,1-7H3. The van der Waals surface area contributed by atoms with Crippen LogP contribution in [0, 0.1) is 0 Å². The highest BCUT2D eigenvalue weighted by molar-refractivity contribution is 6.36. The van der Waals surface area contributed by atoms with Gasteiger partial charge in [-0.2, -0.15) is 0 Å². The van der Waals surface area contributed by atoms with E-state index in [2.05, 4.69) is 46.1 Å². The smallest absolute Gasteiger partial charge is 0.147 e. The lowest BCUT2D eigenvalue weighted by atomic mass is 9.79. The number of halogens is 2. The molecule has 1 N–H and O–H groups in total. The molecule has 0 unspecified atom stereocenters. The lowest BCUT2D eigenvalue weighted by Crippen LogP contribution is -2.18. The largest absolute Gasteiger partial charge is 0.507 e. The molecule has 4 aromatic rings. The van der Waals surface area contributed by atoms with Gasteiger partial charge in [-0.3, -0.25) is 4.57 Å². The number of aromatic hydroxyl groups is 1. The van der Waals surface area contributed by atoms with Crippen LogP contribution < -0.4 is 4.74 Å².